The third kappa shape index (κ3) is 3.88. The van der Waals surface area contributed by atoms with Gasteiger partial charge in [-0.1, -0.05) is 30.3 Å². The molecule has 3 N–H and O–H groups in total. The van der Waals surface area contributed by atoms with Crippen molar-refractivity contribution in [2.24, 2.45) is 5.73 Å². The average Bonchev–Trinajstić information content (AvgIpc) is 2.54. The third-order valence-electron chi connectivity index (χ3n) is 3.42. The quantitative estimate of drug-likeness (QED) is 0.753. The molecule has 1 amide bonds. The number of hydrogen-bond donors (Lipinski definition) is 2. The van der Waals surface area contributed by atoms with E-state index in [-0.39, 0.29) is 18.7 Å². The van der Waals surface area contributed by atoms with Gasteiger partial charge in [-0.15, -0.1) is 0 Å². The molecule has 0 spiro atoms. The lowest BCUT2D eigenvalue weighted by Gasteiger charge is -2.22. The van der Waals surface area contributed by atoms with E-state index in [2.05, 4.69) is 0 Å². The van der Waals surface area contributed by atoms with E-state index in [9.17, 15) is 19.5 Å². The maximum absolute atomic E-state index is 12.1. The predicted molar refractivity (Wildman–Crippen MR) is 86.4 cm³/mol. The number of hydrogen-bond acceptors (Lipinski definition) is 5. The van der Waals surface area contributed by atoms with Crippen LogP contribution in [0.1, 0.15) is 34.6 Å². The molecule has 2 rings (SSSR count). The fourth-order valence-electron chi connectivity index (χ4n) is 2.39. The van der Waals surface area contributed by atoms with Gasteiger partial charge >= 0.3 is 5.97 Å². The van der Waals surface area contributed by atoms with E-state index < -0.39 is 23.4 Å². The van der Waals surface area contributed by atoms with Crippen LogP contribution in [0.4, 0.5) is 0 Å². The number of carbonyl (C=O) groups excluding carboxylic acids is 2. The van der Waals surface area contributed by atoms with Gasteiger partial charge in [0.25, 0.3) is 5.91 Å². The number of aromatic nitrogens is 1. The van der Waals surface area contributed by atoms with E-state index in [1.807, 2.05) is 6.07 Å². The SMILES string of the molecule is CC(=O)OC(c1ccccc1)c1cc(=O)c(C(N)=O)cn1CCO. The molecule has 1 unspecified atom stereocenters. The molecule has 0 saturated carbocycles. The normalized spacial score (nSPS) is 11.8. The number of esters is 1. The van der Waals surface area contributed by atoms with Gasteiger partial charge in [0.2, 0.25) is 0 Å². The molecule has 0 fully saturated rings. The van der Waals surface area contributed by atoms with E-state index in [1.54, 1.807) is 24.3 Å². The Kier molecular flexibility index (Phi) is 5.49. The lowest BCUT2D eigenvalue weighted by molar-refractivity contribution is -0.145. The van der Waals surface area contributed by atoms with Crippen LogP contribution in [0.25, 0.3) is 0 Å². The van der Waals surface area contributed by atoms with Crippen LogP contribution in [0.3, 0.4) is 0 Å². The number of ether oxygens (including phenoxy) is 1. The highest BCUT2D eigenvalue weighted by molar-refractivity contribution is 5.92. The Balaban J connectivity index is 2.64. The monoisotopic (exact) mass is 330 g/mol. The van der Waals surface area contributed by atoms with Gasteiger partial charge < -0.3 is 20.1 Å². The van der Waals surface area contributed by atoms with E-state index in [0.717, 1.165) is 0 Å². The van der Waals surface area contributed by atoms with Gasteiger partial charge in [-0.3, -0.25) is 14.4 Å². The van der Waals surface area contributed by atoms with Gasteiger partial charge in [0.1, 0.15) is 5.56 Å². The van der Waals surface area contributed by atoms with Gasteiger partial charge in [0.15, 0.2) is 11.5 Å². The Bertz CT molecular complexity index is 798. The van der Waals surface area contributed by atoms with Crippen LogP contribution >= 0.6 is 0 Å². The molecule has 0 aliphatic heterocycles. The summed E-state index contributed by atoms with van der Waals surface area (Å²) in [4.78, 5) is 35.0. The Morgan fingerprint density at radius 2 is 1.96 bits per heavy atom. The summed E-state index contributed by atoms with van der Waals surface area (Å²) in [5, 5.41) is 9.25. The summed E-state index contributed by atoms with van der Waals surface area (Å²) >= 11 is 0. The zero-order valence-electron chi connectivity index (χ0n) is 13.1. The summed E-state index contributed by atoms with van der Waals surface area (Å²) in [7, 11) is 0. The third-order valence-corrected chi connectivity index (χ3v) is 3.42. The number of aliphatic hydroxyl groups excluding tert-OH is 1. The molecule has 0 radical (unpaired) electrons. The molecule has 2 aromatic rings. The summed E-state index contributed by atoms with van der Waals surface area (Å²) in [6.07, 6.45) is 0.431. The molecule has 1 heterocycles. The molecule has 1 aromatic heterocycles. The van der Waals surface area contributed by atoms with Crippen LogP contribution in [-0.2, 0) is 16.1 Å². The Morgan fingerprint density at radius 1 is 1.29 bits per heavy atom. The van der Waals surface area contributed by atoms with Crippen molar-refractivity contribution in [2.75, 3.05) is 6.61 Å². The molecule has 0 bridgehead atoms. The first-order chi connectivity index (χ1) is 11.4. The second-order valence-electron chi connectivity index (χ2n) is 5.16. The summed E-state index contributed by atoms with van der Waals surface area (Å²) in [5.41, 5.74) is 5.44. The lowest BCUT2D eigenvalue weighted by atomic mass is 10.0. The minimum absolute atomic E-state index is 0.112. The number of carbonyl (C=O) groups is 2. The van der Waals surface area contributed by atoms with Crippen LogP contribution in [0, 0.1) is 0 Å². The highest BCUT2D eigenvalue weighted by Gasteiger charge is 2.22. The number of nitrogens with two attached hydrogens (primary N) is 1. The first-order valence-corrected chi connectivity index (χ1v) is 7.31. The number of nitrogens with zero attached hydrogens (tertiary/aromatic N) is 1. The second-order valence-corrected chi connectivity index (χ2v) is 5.16. The van der Waals surface area contributed by atoms with Crippen LogP contribution in [0.2, 0.25) is 0 Å². The molecular formula is C17H18N2O5. The smallest absolute Gasteiger partial charge is 0.303 e. The fourth-order valence-corrected chi connectivity index (χ4v) is 2.39. The van der Waals surface area contributed by atoms with E-state index in [4.69, 9.17) is 10.5 Å². The van der Waals surface area contributed by atoms with E-state index in [0.29, 0.717) is 11.3 Å². The zero-order valence-corrected chi connectivity index (χ0v) is 13.1. The summed E-state index contributed by atoms with van der Waals surface area (Å²) in [5.74, 6) is -1.38. The van der Waals surface area contributed by atoms with Crippen molar-refractivity contribution < 1.29 is 19.4 Å². The number of amides is 1. The van der Waals surface area contributed by atoms with Crippen LogP contribution < -0.4 is 11.2 Å². The standard InChI is InChI=1S/C17H18N2O5/c1-11(21)24-16(12-5-3-2-4-6-12)14-9-15(22)13(17(18)23)10-19(14)7-8-20/h2-6,9-10,16,20H,7-8H2,1H3,(H2,18,23). The molecule has 7 nitrogen and oxygen atoms in total. The van der Waals surface area contributed by atoms with Crippen molar-refractivity contribution in [1.82, 2.24) is 4.57 Å². The maximum atomic E-state index is 12.1. The van der Waals surface area contributed by atoms with Crippen molar-refractivity contribution in [1.29, 1.82) is 0 Å². The first kappa shape index (κ1) is 17.4. The Labute approximate surface area is 138 Å². The molecule has 7 heteroatoms. The molecule has 24 heavy (non-hydrogen) atoms. The second kappa shape index (κ2) is 7.56. The number of benzene rings is 1. The predicted octanol–water partition coefficient (Wildman–Crippen LogP) is 0.592. The highest BCUT2D eigenvalue weighted by Crippen LogP contribution is 2.25. The minimum atomic E-state index is -0.859. The average molecular weight is 330 g/mol. The van der Waals surface area contributed by atoms with Crippen LogP contribution in [-0.4, -0.2) is 28.2 Å². The number of aliphatic hydroxyl groups is 1. The zero-order chi connectivity index (χ0) is 17.7. The molecular weight excluding hydrogens is 312 g/mol. The van der Waals surface area contributed by atoms with Gasteiger partial charge in [0, 0.05) is 25.7 Å². The first-order valence-electron chi connectivity index (χ1n) is 7.31. The molecule has 0 saturated heterocycles. The number of pyridine rings is 1. The van der Waals surface area contributed by atoms with Crippen molar-refractivity contribution in [2.45, 2.75) is 19.6 Å². The topological polar surface area (TPSA) is 112 Å². The Hall–Kier alpha value is -2.93. The van der Waals surface area contributed by atoms with Gasteiger partial charge in [0.05, 0.1) is 12.3 Å². The van der Waals surface area contributed by atoms with Crippen LogP contribution in [0.15, 0.2) is 47.4 Å². The largest absolute Gasteiger partial charge is 0.451 e. The van der Waals surface area contributed by atoms with Crippen LogP contribution in [0.5, 0.6) is 0 Å². The van der Waals surface area contributed by atoms with Crippen molar-refractivity contribution >= 4 is 11.9 Å². The van der Waals surface area contributed by atoms with Gasteiger partial charge in [-0.2, -0.15) is 0 Å². The van der Waals surface area contributed by atoms with Gasteiger partial charge in [-0.25, -0.2) is 0 Å². The summed E-state index contributed by atoms with van der Waals surface area (Å²) < 4.78 is 6.86. The fraction of sp³-hybridized carbons (Fsp3) is 0.235. The lowest BCUT2D eigenvalue weighted by Crippen LogP contribution is -2.27. The van der Waals surface area contributed by atoms with E-state index in [1.165, 1.54) is 23.8 Å². The van der Waals surface area contributed by atoms with Crippen molar-refractivity contribution in [3.8, 4) is 0 Å². The molecule has 126 valence electrons. The Morgan fingerprint density at radius 3 is 2.50 bits per heavy atom. The molecule has 1 aromatic carbocycles. The summed E-state index contributed by atoms with van der Waals surface area (Å²) in [6.45, 7) is 1.15. The summed E-state index contributed by atoms with van der Waals surface area (Å²) in [6, 6.07) is 10.1. The molecule has 0 aliphatic rings. The van der Waals surface area contributed by atoms with Gasteiger partial charge in [-0.05, 0) is 5.56 Å². The minimum Gasteiger partial charge on any atom is -0.451 e. The van der Waals surface area contributed by atoms with Crippen molar-refractivity contribution in [3.05, 3.63) is 69.6 Å². The molecule has 0 aliphatic carbocycles. The van der Waals surface area contributed by atoms with Crippen molar-refractivity contribution in [3.63, 3.8) is 0 Å². The number of primary amides is 1. The maximum Gasteiger partial charge on any atom is 0.303 e. The number of rotatable bonds is 6. The van der Waals surface area contributed by atoms with E-state index >= 15 is 0 Å². The molecule has 1 atom stereocenters. The highest BCUT2D eigenvalue weighted by atomic mass is 16.5.